The van der Waals surface area contributed by atoms with Gasteiger partial charge in [-0.25, -0.2) is 0 Å². The first kappa shape index (κ1) is 23.0. The van der Waals surface area contributed by atoms with Crippen LogP contribution < -0.4 is 10.6 Å². The molecule has 7 heteroatoms. The van der Waals surface area contributed by atoms with Crippen LogP contribution in [0, 0.1) is 11.3 Å². The molecule has 0 radical (unpaired) electrons. The number of amides is 2. The average Bonchev–Trinajstić information content (AvgIpc) is 3.11. The van der Waals surface area contributed by atoms with Crippen molar-refractivity contribution in [2.75, 3.05) is 43.5 Å². The standard InChI is InChI=1S/C25H33N3O3S/c1-25(2,3)17-9-10-19-20(15-17)32-24(27-21(29)16-28-11-13-31-14-12-28)22(19)23(30)26-18-7-5-4-6-8-18/h4-8,17H,9-16H2,1-3H3,(H,26,30)(H,27,29)/t17-/m0/s1. The van der Waals surface area contributed by atoms with Crippen molar-refractivity contribution >= 4 is 33.8 Å². The summed E-state index contributed by atoms with van der Waals surface area (Å²) in [5, 5.41) is 6.77. The molecule has 1 aromatic heterocycles. The molecule has 172 valence electrons. The first-order valence-electron chi connectivity index (χ1n) is 11.4. The van der Waals surface area contributed by atoms with E-state index in [-0.39, 0.29) is 17.2 Å². The minimum absolute atomic E-state index is 0.0772. The number of carbonyl (C=O) groups is 2. The molecule has 1 saturated heterocycles. The van der Waals surface area contributed by atoms with Crippen molar-refractivity contribution < 1.29 is 14.3 Å². The second-order valence-corrected chi connectivity index (χ2v) is 10.9. The highest BCUT2D eigenvalue weighted by Gasteiger charge is 2.34. The fourth-order valence-electron chi connectivity index (χ4n) is 4.50. The van der Waals surface area contributed by atoms with Crippen molar-refractivity contribution in [3.63, 3.8) is 0 Å². The first-order valence-corrected chi connectivity index (χ1v) is 12.2. The third-order valence-electron chi connectivity index (χ3n) is 6.47. The Morgan fingerprint density at radius 2 is 1.84 bits per heavy atom. The summed E-state index contributed by atoms with van der Waals surface area (Å²) in [5.41, 5.74) is 2.71. The Balaban J connectivity index is 1.58. The van der Waals surface area contributed by atoms with E-state index in [0.717, 1.165) is 43.6 Å². The van der Waals surface area contributed by atoms with Crippen LogP contribution in [0.5, 0.6) is 0 Å². The van der Waals surface area contributed by atoms with Gasteiger partial charge in [0, 0.05) is 23.7 Å². The SMILES string of the molecule is CC(C)(C)[C@H]1CCc2c(sc(NC(=O)CN3CCOCC3)c2C(=O)Nc2ccccc2)C1. The Kier molecular flexibility index (Phi) is 6.98. The quantitative estimate of drug-likeness (QED) is 0.700. The molecule has 2 heterocycles. The van der Waals surface area contributed by atoms with Gasteiger partial charge in [0.2, 0.25) is 5.91 Å². The van der Waals surface area contributed by atoms with Crippen molar-refractivity contribution in [3.8, 4) is 0 Å². The minimum atomic E-state index is -0.149. The van der Waals surface area contributed by atoms with Gasteiger partial charge in [0.1, 0.15) is 5.00 Å². The largest absolute Gasteiger partial charge is 0.379 e. The topological polar surface area (TPSA) is 70.7 Å². The number of nitrogens with zero attached hydrogens (tertiary/aromatic N) is 1. The van der Waals surface area contributed by atoms with E-state index in [1.807, 2.05) is 30.3 Å². The minimum Gasteiger partial charge on any atom is -0.379 e. The van der Waals surface area contributed by atoms with E-state index >= 15 is 0 Å². The molecule has 4 rings (SSSR count). The van der Waals surface area contributed by atoms with Crippen LogP contribution in [0.4, 0.5) is 10.7 Å². The van der Waals surface area contributed by atoms with E-state index in [9.17, 15) is 9.59 Å². The number of benzene rings is 1. The smallest absolute Gasteiger partial charge is 0.258 e. The van der Waals surface area contributed by atoms with E-state index in [4.69, 9.17) is 4.74 Å². The maximum atomic E-state index is 13.3. The summed E-state index contributed by atoms with van der Waals surface area (Å²) in [6.07, 6.45) is 2.87. The number of hydrogen-bond donors (Lipinski definition) is 2. The van der Waals surface area contributed by atoms with Crippen molar-refractivity contribution in [1.29, 1.82) is 0 Å². The molecule has 32 heavy (non-hydrogen) atoms. The fraction of sp³-hybridized carbons (Fsp3) is 0.520. The molecule has 1 fully saturated rings. The van der Waals surface area contributed by atoms with E-state index in [1.165, 1.54) is 4.88 Å². The van der Waals surface area contributed by atoms with Gasteiger partial charge in [-0.1, -0.05) is 39.0 Å². The van der Waals surface area contributed by atoms with Crippen LogP contribution in [0.1, 0.15) is 48.0 Å². The van der Waals surface area contributed by atoms with Gasteiger partial charge in [-0.3, -0.25) is 14.5 Å². The summed E-state index contributed by atoms with van der Waals surface area (Å²) in [7, 11) is 0. The number of ether oxygens (including phenoxy) is 1. The van der Waals surface area contributed by atoms with Crippen molar-refractivity contribution in [3.05, 3.63) is 46.3 Å². The molecule has 0 saturated carbocycles. The number of carbonyl (C=O) groups excluding carboxylic acids is 2. The number of anilines is 2. The van der Waals surface area contributed by atoms with Crippen LogP contribution in [-0.2, 0) is 22.4 Å². The summed E-state index contributed by atoms with van der Waals surface area (Å²) in [6.45, 7) is 9.97. The molecule has 1 aliphatic heterocycles. The molecule has 1 aromatic carbocycles. The number of para-hydroxylation sites is 1. The zero-order valence-electron chi connectivity index (χ0n) is 19.2. The fourth-order valence-corrected chi connectivity index (χ4v) is 5.84. The van der Waals surface area contributed by atoms with E-state index in [1.54, 1.807) is 11.3 Å². The summed E-state index contributed by atoms with van der Waals surface area (Å²) >= 11 is 1.58. The van der Waals surface area contributed by atoms with Gasteiger partial charge >= 0.3 is 0 Å². The predicted octanol–water partition coefficient (Wildman–Crippen LogP) is 4.42. The summed E-state index contributed by atoms with van der Waals surface area (Å²) in [4.78, 5) is 29.5. The Morgan fingerprint density at radius 3 is 2.53 bits per heavy atom. The molecule has 0 unspecified atom stereocenters. The van der Waals surface area contributed by atoms with Crippen LogP contribution >= 0.6 is 11.3 Å². The molecule has 0 spiro atoms. The van der Waals surface area contributed by atoms with Crippen LogP contribution in [0.3, 0.4) is 0 Å². The van der Waals surface area contributed by atoms with Gasteiger partial charge in [0.15, 0.2) is 0 Å². The van der Waals surface area contributed by atoms with E-state index in [2.05, 4.69) is 36.3 Å². The van der Waals surface area contributed by atoms with Crippen LogP contribution in [0.25, 0.3) is 0 Å². The first-order chi connectivity index (χ1) is 15.3. The Bertz CT molecular complexity index is 959. The lowest BCUT2D eigenvalue weighted by Crippen LogP contribution is -2.41. The predicted molar refractivity (Wildman–Crippen MR) is 130 cm³/mol. The van der Waals surface area contributed by atoms with Crippen LogP contribution in [0.2, 0.25) is 0 Å². The van der Waals surface area contributed by atoms with Gasteiger partial charge in [0.25, 0.3) is 5.91 Å². The van der Waals surface area contributed by atoms with Crippen molar-refractivity contribution in [2.24, 2.45) is 11.3 Å². The molecule has 1 atom stereocenters. The zero-order chi connectivity index (χ0) is 22.7. The third kappa shape index (κ3) is 5.39. The lowest BCUT2D eigenvalue weighted by atomic mass is 9.72. The Labute approximate surface area is 194 Å². The highest BCUT2D eigenvalue weighted by atomic mass is 32.1. The maximum Gasteiger partial charge on any atom is 0.258 e. The number of morpholine rings is 1. The summed E-state index contributed by atoms with van der Waals surface area (Å²) in [6, 6.07) is 9.48. The average molecular weight is 456 g/mol. The molecular weight excluding hydrogens is 422 g/mol. The third-order valence-corrected chi connectivity index (χ3v) is 7.64. The molecule has 0 bridgehead atoms. The van der Waals surface area contributed by atoms with Crippen LogP contribution in [0.15, 0.2) is 30.3 Å². The molecule has 2 aromatic rings. The summed E-state index contributed by atoms with van der Waals surface area (Å²) < 4.78 is 5.38. The molecule has 1 aliphatic carbocycles. The number of fused-ring (bicyclic) bond motifs is 1. The second-order valence-electron chi connectivity index (χ2n) is 9.77. The lowest BCUT2D eigenvalue weighted by molar-refractivity contribution is -0.118. The van der Waals surface area contributed by atoms with Gasteiger partial charge in [-0.05, 0) is 48.3 Å². The monoisotopic (exact) mass is 455 g/mol. The molecule has 2 N–H and O–H groups in total. The van der Waals surface area contributed by atoms with E-state index < -0.39 is 0 Å². The number of nitrogens with one attached hydrogen (secondary N) is 2. The molecule has 6 nitrogen and oxygen atoms in total. The Hall–Kier alpha value is -2.22. The van der Waals surface area contributed by atoms with Gasteiger partial charge in [0.05, 0.1) is 25.3 Å². The van der Waals surface area contributed by atoms with Crippen molar-refractivity contribution in [1.82, 2.24) is 4.90 Å². The summed E-state index contributed by atoms with van der Waals surface area (Å²) in [5.74, 6) is 0.340. The number of thiophene rings is 1. The highest BCUT2D eigenvalue weighted by Crippen LogP contribution is 2.44. The molecule has 2 aliphatic rings. The maximum absolute atomic E-state index is 13.3. The lowest BCUT2D eigenvalue weighted by Gasteiger charge is -2.33. The normalized spacial score (nSPS) is 19.3. The highest BCUT2D eigenvalue weighted by molar-refractivity contribution is 7.17. The Morgan fingerprint density at radius 1 is 1.12 bits per heavy atom. The van der Waals surface area contributed by atoms with Crippen molar-refractivity contribution in [2.45, 2.75) is 40.0 Å². The number of rotatable bonds is 5. The van der Waals surface area contributed by atoms with Gasteiger partial charge in [-0.2, -0.15) is 0 Å². The van der Waals surface area contributed by atoms with Gasteiger partial charge in [-0.15, -0.1) is 11.3 Å². The second kappa shape index (κ2) is 9.73. The van der Waals surface area contributed by atoms with E-state index in [0.29, 0.717) is 36.2 Å². The molecule has 2 amide bonds. The van der Waals surface area contributed by atoms with Gasteiger partial charge < -0.3 is 15.4 Å². The molecular formula is C25H33N3O3S. The number of hydrogen-bond acceptors (Lipinski definition) is 5. The zero-order valence-corrected chi connectivity index (χ0v) is 20.0. The van der Waals surface area contributed by atoms with Crippen LogP contribution in [-0.4, -0.2) is 49.6 Å².